The Hall–Kier alpha value is -1.35. The normalized spacial score (nSPS) is 10.2. The van der Waals surface area contributed by atoms with Crippen molar-refractivity contribution in [3.8, 4) is 0 Å². The lowest BCUT2D eigenvalue weighted by Gasteiger charge is -2.07. The molecule has 0 saturated heterocycles. The van der Waals surface area contributed by atoms with Crippen LogP contribution in [-0.2, 0) is 11.3 Å². The van der Waals surface area contributed by atoms with Crippen molar-refractivity contribution in [1.29, 1.82) is 0 Å². The fraction of sp³-hybridized carbons (Fsp3) is 0.500. The van der Waals surface area contributed by atoms with Crippen molar-refractivity contribution < 1.29 is 4.79 Å². The van der Waals surface area contributed by atoms with E-state index < -0.39 is 0 Å². The fourth-order valence-corrected chi connectivity index (χ4v) is 1.70. The molecule has 0 aromatic heterocycles. The summed E-state index contributed by atoms with van der Waals surface area (Å²) in [7, 11) is 0. The summed E-state index contributed by atoms with van der Waals surface area (Å²) >= 11 is 0. The van der Waals surface area contributed by atoms with Crippen molar-refractivity contribution in [2.24, 2.45) is 5.73 Å². The molecule has 0 spiro atoms. The first-order valence-electron chi connectivity index (χ1n) is 6.25. The van der Waals surface area contributed by atoms with E-state index in [2.05, 4.69) is 18.3 Å². The zero-order chi connectivity index (χ0) is 12.5. The van der Waals surface area contributed by atoms with Crippen LogP contribution in [0, 0.1) is 6.92 Å². The predicted molar refractivity (Wildman–Crippen MR) is 70.5 cm³/mol. The number of benzene rings is 1. The first kappa shape index (κ1) is 13.7. The third kappa shape index (κ3) is 5.50. The van der Waals surface area contributed by atoms with Crippen LogP contribution in [-0.4, -0.2) is 12.5 Å². The average Bonchev–Trinajstić information content (AvgIpc) is 2.34. The van der Waals surface area contributed by atoms with Crippen molar-refractivity contribution in [1.82, 2.24) is 5.32 Å². The number of carbonyl (C=O) groups excluding carboxylic acids is 1. The highest BCUT2D eigenvalue weighted by Gasteiger charge is 2.02. The standard InChI is InChI=1S/C14H22N2O/c1-12-7-4-5-8-13(12)11-16-14(17)9-3-2-6-10-15/h4-5,7-8H,2-3,6,9-11,15H2,1H3,(H,16,17). The molecule has 0 atom stereocenters. The van der Waals surface area contributed by atoms with Crippen molar-refractivity contribution >= 4 is 5.91 Å². The van der Waals surface area contributed by atoms with Gasteiger partial charge >= 0.3 is 0 Å². The highest BCUT2D eigenvalue weighted by atomic mass is 16.1. The Morgan fingerprint density at radius 1 is 1.24 bits per heavy atom. The van der Waals surface area contributed by atoms with Gasteiger partial charge in [-0.1, -0.05) is 30.7 Å². The van der Waals surface area contributed by atoms with Crippen LogP contribution >= 0.6 is 0 Å². The molecule has 17 heavy (non-hydrogen) atoms. The Labute approximate surface area is 103 Å². The van der Waals surface area contributed by atoms with Gasteiger partial charge in [-0.05, 0) is 37.4 Å². The van der Waals surface area contributed by atoms with Gasteiger partial charge in [-0.15, -0.1) is 0 Å². The Balaban J connectivity index is 2.22. The number of nitrogens with one attached hydrogen (secondary N) is 1. The summed E-state index contributed by atoms with van der Waals surface area (Å²) in [4.78, 5) is 11.5. The molecule has 1 aromatic carbocycles. The molecule has 0 aliphatic rings. The van der Waals surface area contributed by atoms with E-state index >= 15 is 0 Å². The van der Waals surface area contributed by atoms with E-state index in [1.807, 2.05) is 18.2 Å². The highest BCUT2D eigenvalue weighted by molar-refractivity contribution is 5.75. The lowest BCUT2D eigenvalue weighted by Crippen LogP contribution is -2.22. The van der Waals surface area contributed by atoms with Gasteiger partial charge in [-0.3, -0.25) is 4.79 Å². The van der Waals surface area contributed by atoms with Crippen LogP contribution in [0.1, 0.15) is 36.8 Å². The molecule has 1 rings (SSSR count). The maximum atomic E-state index is 11.5. The molecule has 3 heteroatoms. The second-order valence-electron chi connectivity index (χ2n) is 4.30. The molecule has 0 fully saturated rings. The molecular weight excluding hydrogens is 212 g/mol. The van der Waals surface area contributed by atoms with Gasteiger partial charge in [0, 0.05) is 13.0 Å². The summed E-state index contributed by atoms with van der Waals surface area (Å²) < 4.78 is 0. The summed E-state index contributed by atoms with van der Waals surface area (Å²) in [6.45, 7) is 3.40. The van der Waals surface area contributed by atoms with Gasteiger partial charge in [0.15, 0.2) is 0 Å². The molecular formula is C14H22N2O. The van der Waals surface area contributed by atoms with Gasteiger partial charge < -0.3 is 11.1 Å². The van der Waals surface area contributed by atoms with Crippen molar-refractivity contribution in [3.63, 3.8) is 0 Å². The lowest BCUT2D eigenvalue weighted by molar-refractivity contribution is -0.121. The van der Waals surface area contributed by atoms with E-state index in [1.165, 1.54) is 11.1 Å². The largest absolute Gasteiger partial charge is 0.352 e. The zero-order valence-corrected chi connectivity index (χ0v) is 10.5. The van der Waals surface area contributed by atoms with E-state index in [0.717, 1.165) is 19.3 Å². The van der Waals surface area contributed by atoms with Crippen molar-refractivity contribution in [2.75, 3.05) is 6.54 Å². The molecule has 0 aliphatic heterocycles. The summed E-state index contributed by atoms with van der Waals surface area (Å²) in [5, 5.41) is 2.95. The fourth-order valence-electron chi connectivity index (χ4n) is 1.70. The number of rotatable bonds is 7. The minimum absolute atomic E-state index is 0.130. The average molecular weight is 234 g/mol. The summed E-state index contributed by atoms with van der Waals surface area (Å²) in [6, 6.07) is 8.11. The Kier molecular flexibility index (Phi) is 6.33. The van der Waals surface area contributed by atoms with Gasteiger partial charge in [-0.25, -0.2) is 0 Å². The quantitative estimate of drug-likeness (QED) is 0.710. The summed E-state index contributed by atoms with van der Waals surface area (Å²) in [5.41, 5.74) is 7.80. The first-order valence-corrected chi connectivity index (χ1v) is 6.25. The molecule has 0 bridgehead atoms. The maximum absolute atomic E-state index is 11.5. The van der Waals surface area contributed by atoms with Gasteiger partial charge in [0.25, 0.3) is 0 Å². The second kappa shape index (κ2) is 7.85. The predicted octanol–water partition coefficient (Wildman–Crippen LogP) is 2.13. The molecule has 1 amide bonds. The highest BCUT2D eigenvalue weighted by Crippen LogP contribution is 2.06. The molecule has 0 unspecified atom stereocenters. The van der Waals surface area contributed by atoms with E-state index in [4.69, 9.17) is 5.73 Å². The van der Waals surface area contributed by atoms with Crippen LogP contribution in [0.5, 0.6) is 0 Å². The minimum Gasteiger partial charge on any atom is -0.352 e. The number of hydrogen-bond donors (Lipinski definition) is 2. The number of carbonyl (C=O) groups is 1. The topological polar surface area (TPSA) is 55.1 Å². The molecule has 3 N–H and O–H groups in total. The zero-order valence-electron chi connectivity index (χ0n) is 10.5. The maximum Gasteiger partial charge on any atom is 0.220 e. The van der Waals surface area contributed by atoms with Crippen LogP contribution in [0.3, 0.4) is 0 Å². The van der Waals surface area contributed by atoms with Gasteiger partial charge in [0.2, 0.25) is 5.91 Å². The number of aryl methyl sites for hydroxylation is 1. The molecule has 0 radical (unpaired) electrons. The second-order valence-corrected chi connectivity index (χ2v) is 4.30. The third-order valence-electron chi connectivity index (χ3n) is 2.85. The van der Waals surface area contributed by atoms with E-state index in [9.17, 15) is 4.79 Å². The van der Waals surface area contributed by atoms with Gasteiger partial charge in [0.05, 0.1) is 0 Å². The molecule has 3 nitrogen and oxygen atoms in total. The summed E-state index contributed by atoms with van der Waals surface area (Å²) in [5.74, 6) is 0.130. The van der Waals surface area contributed by atoms with E-state index in [0.29, 0.717) is 19.5 Å². The SMILES string of the molecule is Cc1ccccc1CNC(=O)CCCCCN. The molecule has 1 aromatic rings. The smallest absolute Gasteiger partial charge is 0.220 e. The van der Waals surface area contributed by atoms with Crippen LogP contribution < -0.4 is 11.1 Å². The van der Waals surface area contributed by atoms with Crippen LogP contribution in [0.2, 0.25) is 0 Å². The van der Waals surface area contributed by atoms with Gasteiger partial charge in [0.1, 0.15) is 0 Å². The minimum atomic E-state index is 0.130. The van der Waals surface area contributed by atoms with Crippen molar-refractivity contribution in [3.05, 3.63) is 35.4 Å². The first-order chi connectivity index (χ1) is 8.24. The van der Waals surface area contributed by atoms with E-state index in [1.54, 1.807) is 0 Å². The Morgan fingerprint density at radius 3 is 2.71 bits per heavy atom. The third-order valence-corrected chi connectivity index (χ3v) is 2.85. The number of nitrogens with two attached hydrogens (primary N) is 1. The Morgan fingerprint density at radius 2 is 2.00 bits per heavy atom. The molecule has 0 aliphatic carbocycles. The monoisotopic (exact) mass is 234 g/mol. The number of hydrogen-bond acceptors (Lipinski definition) is 2. The molecule has 94 valence electrons. The van der Waals surface area contributed by atoms with Crippen LogP contribution in [0.15, 0.2) is 24.3 Å². The number of amides is 1. The molecule has 0 heterocycles. The lowest BCUT2D eigenvalue weighted by atomic mass is 10.1. The van der Waals surface area contributed by atoms with Crippen LogP contribution in [0.4, 0.5) is 0 Å². The Bertz CT molecular complexity index is 350. The molecule has 0 saturated carbocycles. The number of unbranched alkanes of at least 4 members (excludes halogenated alkanes) is 2. The van der Waals surface area contributed by atoms with Crippen molar-refractivity contribution in [2.45, 2.75) is 39.2 Å². The van der Waals surface area contributed by atoms with E-state index in [-0.39, 0.29) is 5.91 Å². The van der Waals surface area contributed by atoms with Gasteiger partial charge in [-0.2, -0.15) is 0 Å². The van der Waals surface area contributed by atoms with Crippen LogP contribution in [0.25, 0.3) is 0 Å². The summed E-state index contributed by atoms with van der Waals surface area (Å²) in [6.07, 6.45) is 3.57.